The lowest BCUT2D eigenvalue weighted by Crippen LogP contribution is -2.33. The number of carbonyl (C=O) groups excluding carboxylic acids is 1. The Hall–Kier alpha value is -3.27. The van der Waals surface area contributed by atoms with Crippen molar-refractivity contribution in [3.05, 3.63) is 76.4 Å². The number of aromatic nitrogens is 3. The maximum Gasteiger partial charge on any atom is 0.216 e. The Kier molecular flexibility index (Phi) is 8.68. The molecule has 38 heavy (non-hydrogen) atoms. The minimum absolute atomic E-state index is 0.0561. The molecule has 1 amide bonds. The van der Waals surface area contributed by atoms with Crippen LogP contribution >= 0.6 is 15.9 Å². The number of nitrogens with zero attached hydrogens (tertiary/aromatic N) is 2. The second-order valence-electron chi connectivity index (χ2n) is 9.56. The quantitative estimate of drug-likeness (QED) is 0.198. The summed E-state index contributed by atoms with van der Waals surface area (Å²) in [5.41, 5.74) is 3.87. The lowest BCUT2D eigenvalue weighted by atomic mass is 10.0. The summed E-state index contributed by atoms with van der Waals surface area (Å²) in [4.78, 5) is 24.6. The van der Waals surface area contributed by atoms with Crippen molar-refractivity contribution in [3.8, 4) is 11.4 Å². The average molecular weight is 578 g/mol. The second-order valence-corrected chi connectivity index (χ2v) is 10.5. The first-order valence-electron chi connectivity index (χ1n) is 13.1. The van der Waals surface area contributed by atoms with Crippen LogP contribution in [0.25, 0.3) is 22.4 Å². The van der Waals surface area contributed by atoms with Crippen molar-refractivity contribution in [2.75, 3.05) is 31.5 Å². The van der Waals surface area contributed by atoms with Gasteiger partial charge in [-0.25, -0.2) is 9.97 Å². The fourth-order valence-corrected chi connectivity index (χ4v) is 4.97. The fraction of sp³-hybridized carbons (Fsp3) is 0.345. The third-order valence-electron chi connectivity index (χ3n) is 6.66. The Morgan fingerprint density at radius 1 is 1.08 bits per heavy atom. The molecule has 9 heteroatoms. The molecule has 1 saturated heterocycles. The van der Waals surface area contributed by atoms with Crippen molar-refractivity contribution in [2.45, 2.75) is 38.4 Å². The zero-order valence-corrected chi connectivity index (χ0v) is 23.1. The molecule has 0 saturated carbocycles. The first kappa shape index (κ1) is 26.3. The van der Waals surface area contributed by atoms with Crippen LogP contribution in [0, 0.1) is 0 Å². The number of nitrogens with one attached hydrogen (secondary N) is 4. The van der Waals surface area contributed by atoms with Crippen molar-refractivity contribution in [1.29, 1.82) is 0 Å². The fourth-order valence-electron chi connectivity index (χ4n) is 4.70. The molecule has 1 fully saturated rings. The van der Waals surface area contributed by atoms with Crippen molar-refractivity contribution in [3.63, 3.8) is 0 Å². The van der Waals surface area contributed by atoms with E-state index in [1.807, 2.05) is 30.3 Å². The number of hydrogen-bond acceptors (Lipinski definition) is 6. The zero-order valence-electron chi connectivity index (χ0n) is 21.5. The van der Waals surface area contributed by atoms with Crippen LogP contribution in [0.15, 0.2) is 65.1 Å². The van der Waals surface area contributed by atoms with Crippen LogP contribution in [0.5, 0.6) is 0 Å². The number of ether oxygens (including phenoxy) is 1. The third-order valence-corrected chi connectivity index (χ3v) is 7.18. The molecule has 1 atom stereocenters. The van der Waals surface area contributed by atoms with Gasteiger partial charge in [-0.1, -0.05) is 58.4 Å². The molecule has 5 rings (SSSR count). The Labute approximate surface area is 231 Å². The highest BCUT2D eigenvalue weighted by atomic mass is 79.9. The van der Waals surface area contributed by atoms with E-state index < -0.39 is 0 Å². The van der Waals surface area contributed by atoms with Gasteiger partial charge in [0.1, 0.15) is 17.6 Å². The van der Waals surface area contributed by atoms with Gasteiger partial charge in [-0.3, -0.25) is 4.79 Å². The van der Waals surface area contributed by atoms with Gasteiger partial charge >= 0.3 is 0 Å². The topological polar surface area (TPSA) is 104 Å². The summed E-state index contributed by atoms with van der Waals surface area (Å²) in [5, 5.41) is 10.6. The molecule has 3 heterocycles. The summed E-state index contributed by atoms with van der Waals surface area (Å²) in [5.74, 6) is 1.31. The number of fused-ring (bicyclic) bond motifs is 1. The normalized spacial score (nSPS) is 14.9. The van der Waals surface area contributed by atoms with Crippen LogP contribution in [0.3, 0.4) is 0 Å². The van der Waals surface area contributed by atoms with E-state index in [1.165, 1.54) is 12.5 Å². The first-order valence-corrected chi connectivity index (χ1v) is 13.9. The molecule has 0 bridgehead atoms. The number of amides is 1. The molecular weight excluding hydrogens is 544 g/mol. The summed E-state index contributed by atoms with van der Waals surface area (Å²) in [6.45, 7) is 4.51. The number of piperidine rings is 1. The third kappa shape index (κ3) is 6.78. The van der Waals surface area contributed by atoms with E-state index in [4.69, 9.17) is 14.7 Å². The number of aromatic amines is 1. The predicted molar refractivity (Wildman–Crippen MR) is 154 cm³/mol. The van der Waals surface area contributed by atoms with Crippen molar-refractivity contribution in [1.82, 2.24) is 25.6 Å². The van der Waals surface area contributed by atoms with Crippen LogP contribution in [0.2, 0.25) is 0 Å². The van der Waals surface area contributed by atoms with Crippen molar-refractivity contribution >= 4 is 38.7 Å². The van der Waals surface area contributed by atoms with Gasteiger partial charge in [-0.2, -0.15) is 0 Å². The van der Waals surface area contributed by atoms with Gasteiger partial charge in [0.05, 0.1) is 11.5 Å². The van der Waals surface area contributed by atoms with E-state index in [1.54, 1.807) is 0 Å². The smallest absolute Gasteiger partial charge is 0.216 e. The van der Waals surface area contributed by atoms with Crippen LogP contribution in [0.1, 0.15) is 37.1 Å². The average Bonchev–Trinajstić information content (AvgIpc) is 3.37. The highest BCUT2D eigenvalue weighted by Gasteiger charge is 2.24. The maximum atomic E-state index is 11.3. The maximum absolute atomic E-state index is 11.3. The zero-order chi connectivity index (χ0) is 26.3. The summed E-state index contributed by atoms with van der Waals surface area (Å²) in [6.07, 6.45) is 2.77. The summed E-state index contributed by atoms with van der Waals surface area (Å²) in [6, 6.07) is 20.4. The van der Waals surface area contributed by atoms with E-state index in [0.29, 0.717) is 18.9 Å². The van der Waals surface area contributed by atoms with Gasteiger partial charge < -0.3 is 25.7 Å². The largest absolute Gasteiger partial charge is 0.368 e. The molecule has 0 aliphatic carbocycles. The Bertz CT molecular complexity index is 1350. The van der Waals surface area contributed by atoms with Gasteiger partial charge in [0.25, 0.3) is 0 Å². The Morgan fingerprint density at radius 3 is 2.58 bits per heavy atom. The molecule has 4 N–H and O–H groups in total. The molecule has 4 aromatic rings. The lowest BCUT2D eigenvalue weighted by molar-refractivity contribution is -0.118. The van der Waals surface area contributed by atoms with Gasteiger partial charge in [-0.15, -0.1) is 0 Å². The summed E-state index contributed by atoms with van der Waals surface area (Å²) >= 11 is 3.54. The standard InChI is InChI=1S/C29H33BrN6O2/c1-19(37)32-15-16-33-28-24-18-25(34-29(24)36-27(35-28)21-5-3-2-4-6-21)26(38-23-11-13-31-14-12-23)17-20-7-9-22(30)10-8-20/h2-10,18,23,26,31H,11-17H2,1H3,(H,32,37)(H2,33,34,35,36). The summed E-state index contributed by atoms with van der Waals surface area (Å²) in [7, 11) is 0. The Morgan fingerprint density at radius 2 is 1.84 bits per heavy atom. The van der Waals surface area contributed by atoms with Crippen LogP contribution in [-0.4, -0.2) is 53.1 Å². The molecule has 198 valence electrons. The molecule has 1 aliphatic heterocycles. The van der Waals surface area contributed by atoms with Gasteiger partial charge in [0, 0.05) is 42.2 Å². The number of H-pyrrole nitrogens is 1. The van der Waals surface area contributed by atoms with E-state index in [0.717, 1.165) is 64.9 Å². The molecular formula is C29H33BrN6O2. The lowest BCUT2D eigenvalue weighted by Gasteiger charge is -2.28. The Balaban J connectivity index is 1.49. The highest BCUT2D eigenvalue weighted by Crippen LogP contribution is 2.32. The summed E-state index contributed by atoms with van der Waals surface area (Å²) < 4.78 is 7.78. The SMILES string of the molecule is CC(=O)NCCNc1nc(-c2ccccc2)nc2[nH]c(C(Cc3ccc(Br)cc3)OC3CCNCC3)cc12. The van der Waals surface area contributed by atoms with E-state index in [2.05, 4.69) is 67.2 Å². The van der Waals surface area contributed by atoms with E-state index in [9.17, 15) is 4.79 Å². The molecule has 1 unspecified atom stereocenters. The number of rotatable bonds is 10. The number of anilines is 1. The monoisotopic (exact) mass is 576 g/mol. The van der Waals surface area contributed by atoms with E-state index in [-0.39, 0.29) is 18.1 Å². The first-order chi connectivity index (χ1) is 18.5. The minimum atomic E-state index is -0.152. The second kappa shape index (κ2) is 12.5. The molecule has 1 aliphatic rings. The molecule has 2 aromatic carbocycles. The van der Waals surface area contributed by atoms with Gasteiger partial charge in [-0.05, 0) is 49.7 Å². The molecule has 8 nitrogen and oxygen atoms in total. The minimum Gasteiger partial charge on any atom is -0.368 e. The number of benzene rings is 2. The molecule has 2 aromatic heterocycles. The van der Waals surface area contributed by atoms with Crippen molar-refractivity contribution < 1.29 is 9.53 Å². The highest BCUT2D eigenvalue weighted by molar-refractivity contribution is 9.10. The van der Waals surface area contributed by atoms with E-state index >= 15 is 0 Å². The van der Waals surface area contributed by atoms with Gasteiger partial charge in [0.2, 0.25) is 5.91 Å². The number of hydrogen-bond donors (Lipinski definition) is 4. The predicted octanol–water partition coefficient (Wildman–Crippen LogP) is 4.99. The molecule has 0 spiro atoms. The molecule has 0 radical (unpaired) electrons. The number of carbonyl (C=O) groups is 1. The van der Waals surface area contributed by atoms with Gasteiger partial charge in [0.15, 0.2) is 5.82 Å². The van der Waals surface area contributed by atoms with Crippen LogP contribution < -0.4 is 16.0 Å². The number of halogens is 1. The van der Waals surface area contributed by atoms with Crippen LogP contribution in [-0.2, 0) is 16.0 Å². The van der Waals surface area contributed by atoms with Crippen LogP contribution in [0.4, 0.5) is 5.82 Å². The van der Waals surface area contributed by atoms with Crippen molar-refractivity contribution in [2.24, 2.45) is 0 Å².